The van der Waals surface area contributed by atoms with Gasteiger partial charge in [-0.25, -0.2) is 9.78 Å². The molecule has 0 bridgehead atoms. The van der Waals surface area contributed by atoms with Gasteiger partial charge in [-0.2, -0.15) is 5.10 Å². The van der Waals surface area contributed by atoms with Crippen LogP contribution >= 0.6 is 12.2 Å². The molecule has 7 heteroatoms. The average Bonchev–Trinajstić information content (AvgIpc) is 2.67. The Labute approximate surface area is 161 Å². The van der Waals surface area contributed by atoms with E-state index >= 15 is 0 Å². The number of hydrogen-bond acceptors (Lipinski definition) is 4. The minimum absolute atomic E-state index is 0.230. The number of hydrazone groups is 1. The Balaban J connectivity index is 1.69. The Hall–Kier alpha value is -3.32. The zero-order chi connectivity index (χ0) is 19.4. The van der Waals surface area contributed by atoms with Crippen LogP contribution in [-0.4, -0.2) is 26.9 Å². The van der Waals surface area contributed by atoms with E-state index in [1.54, 1.807) is 12.1 Å². The van der Waals surface area contributed by atoms with Gasteiger partial charge in [0.15, 0.2) is 5.11 Å². The summed E-state index contributed by atoms with van der Waals surface area (Å²) in [6.45, 7) is 3.66. The molecule has 0 unspecified atom stereocenters. The molecule has 0 radical (unpaired) electrons. The molecule has 6 nitrogen and oxygen atoms in total. The summed E-state index contributed by atoms with van der Waals surface area (Å²) in [5.41, 5.74) is 6.87. The molecule has 3 N–H and O–H groups in total. The second-order valence-corrected chi connectivity index (χ2v) is 6.40. The molecule has 2 aromatic carbocycles. The van der Waals surface area contributed by atoms with Crippen molar-refractivity contribution >= 4 is 45.6 Å². The summed E-state index contributed by atoms with van der Waals surface area (Å²) < 4.78 is 0. The van der Waals surface area contributed by atoms with Crippen LogP contribution in [0.2, 0.25) is 0 Å². The molecule has 0 amide bonds. The number of anilines is 1. The molecule has 1 aromatic heterocycles. The van der Waals surface area contributed by atoms with Crippen LogP contribution < -0.4 is 10.7 Å². The van der Waals surface area contributed by atoms with Crippen molar-refractivity contribution in [3.05, 3.63) is 71.4 Å². The molecule has 0 aliphatic rings. The second kappa shape index (κ2) is 7.92. The molecule has 0 fully saturated rings. The monoisotopic (exact) mass is 378 g/mol. The molecular formula is C20H18N4O2S. The van der Waals surface area contributed by atoms with Crippen LogP contribution in [-0.2, 0) is 0 Å². The molecule has 1 heterocycles. The minimum Gasteiger partial charge on any atom is -0.478 e. The molecule has 136 valence electrons. The molecule has 0 aliphatic carbocycles. The number of rotatable bonds is 4. The Bertz CT molecular complexity index is 1060. The molecule has 27 heavy (non-hydrogen) atoms. The number of thiocarbonyl (C=S) groups is 1. The lowest BCUT2D eigenvalue weighted by atomic mass is 10.1. The van der Waals surface area contributed by atoms with E-state index in [1.807, 2.05) is 50.2 Å². The fraction of sp³-hybridized carbons (Fsp3) is 0.100. The maximum atomic E-state index is 11.0. The first-order valence-electron chi connectivity index (χ1n) is 8.25. The normalized spacial score (nSPS) is 11.3. The number of hydrogen-bond donors (Lipinski definition) is 3. The van der Waals surface area contributed by atoms with E-state index in [0.717, 1.165) is 22.2 Å². The van der Waals surface area contributed by atoms with Crippen LogP contribution in [0.15, 0.2) is 59.7 Å². The standard InChI is InChI=1S/C20H18N4O2S/c1-12-11-15(19(25)26)8-9-16(12)22-20(27)24-23-13(2)17-10-7-14-5-3-4-6-18(14)21-17/h3-11H,1-2H3,(H,25,26)(H2,22,24,27). The van der Waals surface area contributed by atoms with Gasteiger partial charge in [0.2, 0.25) is 0 Å². The topological polar surface area (TPSA) is 86.6 Å². The maximum Gasteiger partial charge on any atom is 0.335 e. The number of nitrogens with zero attached hydrogens (tertiary/aromatic N) is 2. The molecule has 0 aliphatic heterocycles. The smallest absolute Gasteiger partial charge is 0.335 e. The van der Waals surface area contributed by atoms with Crippen molar-refractivity contribution < 1.29 is 9.90 Å². The minimum atomic E-state index is -0.964. The fourth-order valence-corrected chi connectivity index (χ4v) is 2.70. The Morgan fingerprint density at radius 2 is 1.93 bits per heavy atom. The summed E-state index contributed by atoms with van der Waals surface area (Å²) in [6.07, 6.45) is 0. The van der Waals surface area contributed by atoms with Gasteiger partial charge in [-0.15, -0.1) is 0 Å². The highest BCUT2D eigenvalue weighted by atomic mass is 32.1. The molecular weight excluding hydrogens is 360 g/mol. The highest BCUT2D eigenvalue weighted by molar-refractivity contribution is 7.80. The Kier molecular flexibility index (Phi) is 5.42. The van der Waals surface area contributed by atoms with Crippen LogP contribution in [0.4, 0.5) is 5.69 Å². The van der Waals surface area contributed by atoms with E-state index in [2.05, 4.69) is 20.8 Å². The van der Waals surface area contributed by atoms with Crippen molar-refractivity contribution in [2.24, 2.45) is 5.10 Å². The third-order valence-corrected chi connectivity index (χ3v) is 4.21. The van der Waals surface area contributed by atoms with Gasteiger partial charge in [0.1, 0.15) is 0 Å². The number of pyridine rings is 1. The number of aryl methyl sites for hydroxylation is 1. The van der Waals surface area contributed by atoms with E-state index in [-0.39, 0.29) is 5.56 Å². The van der Waals surface area contributed by atoms with E-state index in [0.29, 0.717) is 16.5 Å². The first kappa shape index (κ1) is 18.5. The highest BCUT2D eigenvalue weighted by Crippen LogP contribution is 2.16. The number of para-hydroxylation sites is 1. The molecule has 3 aromatic rings. The maximum absolute atomic E-state index is 11.0. The van der Waals surface area contributed by atoms with E-state index in [1.165, 1.54) is 6.07 Å². The Morgan fingerprint density at radius 3 is 2.67 bits per heavy atom. The number of carbonyl (C=O) groups is 1. The average molecular weight is 378 g/mol. The number of fused-ring (bicyclic) bond motifs is 1. The highest BCUT2D eigenvalue weighted by Gasteiger charge is 2.07. The van der Waals surface area contributed by atoms with Crippen molar-refractivity contribution in [2.45, 2.75) is 13.8 Å². The van der Waals surface area contributed by atoms with Crippen LogP contribution in [0, 0.1) is 6.92 Å². The lowest BCUT2D eigenvalue weighted by Gasteiger charge is -2.11. The van der Waals surface area contributed by atoms with E-state index in [4.69, 9.17) is 17.3 Å². The van der Waals surface area contributed by atoms with Gasteiger partial charge in [-0.1, -0.05) is 24.3 Å². The number of carboxylic acids is 1. The molecule has 0 spiro atoms. The van der Waals surface area contributed by atoms with Gasteiger partial charge < -0.3 is 10.4 Å². The van der Waals surface area contributed by atoms with Gasteiger partial charge in [0.05, 0.1) is 22.5 Å². The Morgan fingerprint density at radius 1 is 1.15 bits per heavy atom. The summed E-state index contributed by atoms with van der Waals surface area (Å²) in [5.74, 6) is -0.964. The molecule has 0 saturated heterocycles. The summed E-state index contributed by atoms with van der Waals surface area (Å²) in [6, 6.07) is 16.6. The molecule has 0 atom stereocenters. The van der Waals surface area contributed by atoms with Crippen molar-refractivity contribution in [1.82, 2.24) is 10.4 Å². The predicted octanol–water partition coefficient (Wildman–Crippen LogP) is 3.95. The van der Waals surface area contributed by atoms with Crippen molar-refractivity contribution in [3.8, 4) is 0 Å². The van der Waals surface area contributed by atoms with E-state index in [9.17, 15) is 4.79 Å². The lowest BCUT2D eigenvalue weighted by Crippen LogP contribution is -2.25. The first-order valence-corrected chi connectivity index (χ1v) is 8.66. The summed E-state index contributed by atoms with van der Waals surface area (Å²) in [4.78, 5) is 15.6. The van der Waals surface area contributed by atoms with Crippen molar-refractivity contribution in [3.63, 3.8) is 0 Å². The number of carboxylic acid groups (broad SMARTS) is 1. The molecule has 0 saturated carbocycles. The predicted molar refractivity (Wildman–Crippen MR) is 111 cm³/mol. The largest absolute Gasteiger partial charge is 0.478 e. The van der Waals surface area contributed by atoms with E-state index < -0.39 is 5.97 Å². The summed E-state index contributed by atoms with van der Waals surface area (Å²) in [7, 11) is 0. The van der Waals surface area contributed by atoms with Crippen molar-refractivity contribution in [2.75, 3.05) is 5.32 Å². The lowest BCUT2D eigenvalue weighted by molar-refractivity contribution is 0.0697. The number of aromatic carboxylic acids is 1. The third-order valence-electron chi connectivity index (χ3n) is 4.02. The van der Waals surface area contributed by atoms with Gasteiger partial charge in [0, 0.05) is 11.1 Å². The van der Waals surface area contributed by atoms with Crippen LogP contribution in [0.1, 0.15) is 28.5 Å². The van der Waals surface area contributed by atoms with Gasteiger partial charge in [-0.3, -0.25) is 5.43 Å². The number of aromatic nitrogens is 1. The SMILES string of the molecule is CC(=NNC(=S)Nc1ccc(C(=O)O)cc1C)c1ccc2ccccc2n1. The quantitative estimate of drug-likeness (QED) is 0.362. The van der Waals surface area contributed by atoms with Crippen LogP contribution in [0.25, 0.3) is 10.9 Å². The second-order valence-electron chi connectivity index (χ2n) is 5.99. The number of nitrogens with one attached hydrogen (secondary N) is 2. The summed E-state index contributed by atoms with van der Waals surface area (Å²) >= 11 is 5.26. The zero-order valence-corrected chi connectivity index (χ0v) is 15.7. The first-order chi connectivity index (χ1) is 12.9. The van der Waals surface area contributed by atoms with Crippen molar-refractivity contribution in [1.29, 1.82) is 0 Å². The van der Waals surface area contributed by atoms with Gasteiger partial charge in [0.25, 0.3) is 0 Å². The molecule has 3 rings (SSSR count). The fourth-order valence-electron chi connectivity index (χ4n) is 2.55. The van der Waals surface area contributed by atoms with Gasteiger partial charge in [-0.05, 0) is 62.0 Å². The van der Waals surface area contributed by atoms with Crippen LogP contribution in [0.5, 0.6) is 0 Å². The third kappa shape index (κ3) is 4.45. The number of benzene rings is 2. The van der Waals surface area contributed by atoms with Gasteiger partial charge >= 0.3 is 5.97 Å². The van der Waals surface area contributed by atoms with Crippen LogP contribution in [0.3, 0.4) is 0 Å². The summed E-state index contributed by atoms with van der Waals surface area (Å²) in [5, 5.41) is 17.7. The zero-order valence-electron chi connectivity index (χ0n) is 14.9.